The summed E-state index contributed by atoms with van der Waals surface area (Å²) in [5.74, 6) is 1.24. The highest BCUT2D eigenvalue weighted by Crippen LogP contribution is 2.21. The van der Waals surface area contributed by atoms with Gasteiger partial charge in [-0.2, -0.15) is 0 Å². The molecule has 0 aliphatic rings. The van der Waals surface area contributed by atoms with Crippen LogP contribution in [-0.2, 0) is 11.2 Å². The second-order valence-electron chi connectivity index (χ2n) is 6.12. The molecular formula is C17H25Cl2N3O2. The molecule has 0 spiro atoms. The first kappa shape index (κ1) is 22.4. The van der Waals surface area contributed by atoms with Crippen molar-refractivity contribution in [2.45, 2.75) is 39.2 Å². The molecule has 0 saturated carbocycles. The molecule has 0 bridgehead atoms. The fraction of sp³-hybridized carbons (Fsp3) is 0.412. The van der Waals surface area contributed by atoms with Crippen LogP contribution in [0.5, 0.6) is 0 Å². The minimum Gasteiger partial charge on any atom is -0.441 e. The number of oxazole rings is 1. The van der Waals surface area contributed by atoms with Crippen molar-refractivity contribution in [1.29, 1.82) is 0 Å². The van der Waals surface area contributed by atoms with Crippen LogP contribution in [0.1, 0.15) is 31.7 Å². The molecule has 0 radical (unpaired) electrons. The molecule has 0 aliphatic heterocycles. The standard InChI is InChI=1S/C17H23N3O2.2ClH/c1-12-4-6-13(7-5-12)14-10-19-16(22-14)9-8-15(21)20-17(2,3)11-18;;/h4-7,10H,8-9,11,18H2,1-3H3,(H,20,21);2*1H. The number of nitrogens with zero attached hydrogens (tertiary/aromatic N) is 1. The number of hydrogen-bond acceptors (Lipinski definition) is 4. The Hall–Kier alpha value is -1.56. The van der Waals surface area contributed by atoms with Gasteiger partial charge in [-0.05, 0) is 20.8 Å². The number of nitrogens with one attached hydrogen (secondary N) is 1. The van der Waals surface area contributed by atoms with E-state index in [1.54, 1.807) is 6.20 Å². The first-order valence-corrected chi connectivity index (χ1v) is 7.42. The largest absolute Gasteiger partial charge is 0.441 e. The molecule has 0 aliphatic carbocycles. The van der Waals surface area contributed by atoms with Crippen LogP contribution in [-0.4, -0.2) is 23.0 Å². The normalized spacial score (nSPS) is 10.5. The van der Waals surface area contributed by atoms with Crippen LogP contribution in [0.25, 0.3) is 11.3 Å². The predicted octanol–water partition coefficient (Wildman–Crippen LogP) is 3.28. The molecule has 2 rings (SSSR count). The van der Waals surface area contributed by atoms with Gasteiger partial charge < -0.3 is 15.5 Å². The zero-order valence-corrected chi connectivity index (χ0v) is 15.8. The van der Waals surface area contributed by atoms with Gasteiger partial charge >= 0.3 is 0 Å². The zero-order valence-electron chi connectivity index (χ0n) is 14.2. The summed E-state index contributed by atoms with van der Waals surface area (Å²) in [6, 6.07) is 8.05. The fourth-order valence-corrected chi connectivity index (χ4v) is 1.99. The lowest BCUT2D eigenvalue weighted by atomic mass is 10.1. The van der Waals surface area contributed by atoms with Crippen molar-refractivity contribution >= 4 is 30.7 Å². The predicted molar refractivity (Wildman–Crippen MR) is 101 cm³/mol. The van der Waals surface area contributed by atoms with Gasteiger partial charge in [0.2, 0.25) is 5.91 Å². The number of halogens is 2. The van der Waals surface area contributed by atoms with E-state index in [2.05, 4.69) is 10.3 Å². The molecule has 0 fully saturated rings. The number of aromatic nitrogens is 1. The lowest BCUT2D eigenvalue weighted by Gasteiger charge is -2.23. The third-order valence-corrected chi connectivity index (χ3v) is 3.44. The molecule has 5 nitrogen and oxygen atoms in total. The summed E-state index contributed by atoms with van der Waals surface area (Å²) in [6.45, 7) is 6.23. The maximum absolute atomic E-state index is 11.9. The smallest absolute Gasteiger partial charge is 0.220 e. The Morgan fingerprint density at radius 1 is 1.25 bits per heavy atom. The minimum atomic E-state index is -0.388. The first-order valence-electron chi connectivity index (χ1n) is 7.42. The second-order valence-corrected chi connectivity index (χ2v) is 6.12. The maximum Gasteiger partial charge on any atom is 0.220 e. The molecule has 0 unspecified atom stereocenters. The molecule has 134 valence electrons. The van der Waals surface area contributed by atoms with Crippen LogP contribution >= 0.6 is 24.8 Å². The number of rotatable bonds is 6. The van der Waals surface area contributed by atoms with Gasteiger partial charge in [-0.1, -0.05) is 29.8 Å². The fourth-order valence-electron chi connectivity index (χ4n) is 1.99. The summed E-state index contributed by atoms with van der Waals surface area (Å²) >= 11 is 0. The van der Waals surface area contributed by atoms with E-state index in [0.29, 0.717) is 25.3 Å². The molecule has 24 heavy (non-hydrogen) atoms. The average molecular weight is 374 g/mol. The summed E-state index contributed by atoms with van der Waals surface area (Å²) in [4.78, 5) is 16.1. The third-order valence-electron chi connectivity index (χ3n) is 3.44. The number of benzene rings is 1. The Bertz CT molecular complexity index is 640. The van der Waals surface area contributed by atoms with E-state index in [1.165, 1.54) is 5.56 Å². The van der Waals surface area contributed by atoms with Gasteiger partial charge in [-0.25, -0.2) is 4.98 Å². The van der Waals surface area contributed by atoms with Crippen LogP contribution < -0.4 is 11.1 Å². The molecule has 0 saturated heterocycles. The number of hydrogen-bond donors (Lipinski definition) is 2. The number of amides is 1. The van der Waals surface area contributed by atoms with Crippen molar-refractivity contribution < 1.29 is 9.21 Å². The summed E-state index contributed by atoms with van der Waals surface area (Å²) in [5, 5.41) is 2.89. The van der Waals surface area contributed by atoms with Crippen molar-refractivity contribution in [3.63, 3.8) is 0 Å². The van der Waals surface area contributed by atoms with Crippen molar-refractivity contribution in [2.24, 2.45) is 5.73 Å². The Labute approximate surface area is 155 Å². The van der Waals surface area contributed by atoms with Crippen molar-refractivity contribution in [1.82, 2.24) is 10.3 Å². The molecule has 1 aromatic heterocycles. The quantitative estimate of drug-likeness (QED) is 0.813. The van der Waals surface area contributed by atoms with Gasteiger partial charge in [0.15, 0.2) is 11.7 Å². The summed E-state index contributed by atoms with van der Waals surface area (Å²) in [6.07, 6.45) is 2.50. The summed E-state index contributed by atoms with van der Waals surface area (Å²) < 4.78 is 5.70. The first-order chi connectivity index (χ1) is 10.4. The second kappa shape index (κ2) is 9.67. The molecule has 1 heterocycles. The maximum atomic E-state index is 11.9. The highest BCUT2D eigenvalue weighted by Gasteiger charge is 2.18. The van der Waals surface area contributed by atoms with Gasteiger partial charge in [0.05, 0.1) is 6.20 Å². The van der Waals surface area contributed by atoms with Gasteiger partial charge in [0.1, 0.15) is 0 Å². The molecule has 1 amide bonds. The van der Waals surface area contributed by atoms with Gasteiger partial charge in [-0.15, -0.1) is 24.8 Å². The third kappa shape index (κ3) is 6.51. The van der Waals surface area contributed by atoms with Crippen molar-refractivity contribution in [2.75, 3.05) is 6.54 Å². The number of carbonyl (C=O) groups is 1. The lowest BCUT2D eigenvalue weighted by molar-refractivity contribution is -0.122. The van der Waals surface area contributed by atoms with E-state index in [4.69, 9.17) is 10.2 Å². The van der Waals surface area contributed by atoms with Gasteiger partial charge in [0, 0.05) is 30.5 Å². The summed E-state index contributed by atoms with van der Waals surface area (Å²) in [7, 11) is 0. The number of nitrogens with two attached hydrogens (primary N) is 1. The van der Waals surface area contributed by atoms with Crippen LogP contribution in [0.3, 0.4) is 0 Å². The van der Waals surface area contributed by atoms with E-state index in [9.17, 15) is 4.79 Å². The van der Waals surface area contributed by atoms with E-state index in [-0.39, 0.29) is 36.3 Å². The minimum absolute atomic E-state index is 0. The van der Waals surface area contributed by atoms with E-state index in [1.807, 2.05) is 45.0 Å². The molecule has 3 N–H and O–H groups in total. The Kier molecular flexibility index (Phi) is 9.04. The van der Waals surface area contributed by atoms with Crippen molar-refractivity contribution in [3.8, 4) is 11.3 Å². The Morgan fingerprint density at radius 3 is 2.46 bits per heavy atom. The molecule has 2 aromatic rings. The van der Waals surface area contributed by atoms with Crippen LogP contribution in [0.4, 0.5) is 0 Å². The highest BCUT2D eigenvalue weighted by molar-refractivity contribution is 5.85. The van der Waals surface area contributed by atoms with Crippen LogP contribution in [0.2, 0.25) is 0 Å². The lowest BCUT2D eigenvalue weighted by Crippen LogP contribution is -2.48. The van der Waals surface area contributed by atoms with E-state index < -0.39 is 0 Å². The number of aryl methyl sites for hydroxylation is 2. The Balaban J connectivity index is 0.00000264. The zero-order chi connectivity index (χ0) is 16.2. The van der Waals surface area contributed by atoms with Gasteiger partial charge in [-0.3, -0.25) is 4.79 Å². The van der Waals surface area contributed by atoms with E-state index in [0.717, 1.165) is 11.3 Å². The summed E-state index contributed by atoms with van der Waals surface area (Å²) in [5.41, 5.74) is 7.39. The van der Waals surface area contributed by atoms with Crippen LogP contribution in [0.15, 0.2) is 34.9 Å². The van der Waals surface area contributed by atoms with Crippen molar-refractivity contribution in [3.05, 3.63) is 41.9 Å². The van der Waals surface area contributed by atoms with Gasteiger partial charge in [0.25, 0.3) is 0 Å². The number of carbonyl (C=O) groups excluding carboxylic acids is 1. The Morgan fingerprint density at radius 2 is 1.88 bits per heavy atom. The topological polar surface area (TPSA) is 81.2 Å². The average Bonchev–Trinajstić information content (AvgIpc) is 2.94. The SMILES string of the molecule is Cc1ccc(-c2cnc(CCC(=O)NC(C)(C)CN)o2)cc1.Cl.Cl. The molecular weight excluding hydrogens is 349 g/mol. The molecule has 1 aromatic carbocycles. The monoisotopic (exact) mass is 373 g/mol. The molecule has 7 heteroatoms. The van der Waals surface area contributed by atoms with Crippen LogP contribution in [0, 0.1) is 6.92 Å². The molecule has 0 atom stereocenters. The highest BCUT2D eigenvalue weighted by atomic mass is 35.5. The van der Waals surface area contributed by atoms with E-state index >= 15 is 0 Å².